The van der Waals surface area contributed by atoms with Crippen LogP contribution in [-0.2, 0) is 27.3 Å². The number of benzene rings is 2. The molecule has 2 rings (SSSR count). The molecule has 2 aromatic carbocycles. The minimum atomic E-state index is -4.58. The lowest BCUT2D eigenvalue weighted by Crippen LogP contribution is -2.29. The van der Waals surface area contributed by atoms with Crippen LogP contribution in [0.15, 0.2) is 46.7 Å². The standard InChI is InChI=1S/C21H21ClF3N3O3/c1-12-6-5-7-15(19(28-30-4)20(29)26-3)16(12)11-31-27-13(2)14-8-9-18(22)17(10-14)21(23,24)25/h5-10H,11H2,1-4H3,(H,26,29)/b27-13+,28-19+. The lowest BCUT2D eigenvalue weighted by atomic mass is 9.98. The fourth-order valence-corrected chi connectivity index (χ4v) is 2.98. The lowest BCUT2D eigenvalue weighted by molar-refractivity contribution is -0.137. The first-order chi connectivity index (χ1) is 14.6. The van der Waals surface area contributed by atoms with Crippen LogP contribution in [0.3, 0.4) is 0 Å². The smallest absolute Gasteiger partial charge is 0.398 e. The summed E-state index contributed by atoms with van der Waals surface area (Å²) in [5, 5.41) is 9.82. The number of nitrogens with zero attached hydrogens (tertiary/aromatic N) is 2. The van der Waals surface area contributed by atoms with Gasteiger partial charge < -0.3 is 15.0 Å². The second kappa shape index (κ2) is 10.3. The van der Waals surface area contributed by atoms with Crippen molar-refractivity contribution in [3.63, 3.8) is 0 Å². The Hall–Kier alpha value is -3.07. The zero-order valence-corrected chi connectivity index (χ0v) is 18.1. The van der Waals surface area contributed by atoms with E-state index in [1.165, 1.54) is 27.1 Å². The fourth-order valence-electron chi connectivity index (χ4n) is 2.75. The number of nitrogens with one attached hydrogen (secondary N) is 1. The van der Waals surface area contributed by atoms with Crippen LogP contribution >= 0.6 is 11.6 Å². The van der Waals surface area contributed by atoms with Crippen molar-refractivity contribution in [2.75, 3.05) is 14.2 Å². The molecule has 0 unspecified atom stereocenters. The SMILES string of the molecule is CNC(=O)/C(=N/OC)c1cccc(C)c1CO/N=C(\C)c1ccc(Cl)c(C(F)(F)F)c1. The van der Waals surface area contributed by atoms with Crippen molar-refractivity contribution in [2.24, 2.45) is 10.3 Å². The maximum absolute atomic E-state index is 13.1. The molecule has 31 heavy (non-hydrogen) atoms. The third-order valence-electron chi connectivity index (χ3n) is 4.39. The van der Waals surface area contributed by atoms with Crippen molar-refractivity contribution in [1.29, 1.82) is 0 Å². The Morgan fingerprint density at radius 2 is 1.90 bits per heavy atom. The van der Waals surface area contributed by atoms with E-state index in [0.29, 0.717) is 11.1 Å². The molecule has 0 fully saturated rings. The number of carbonyl (C=O) groups excluding carboxylic acids is 1. The van der Waals surface area contributed by atoms with Gasteiger partial charge in [0.25, 0.3) is 5.91 Å². The van der Waals surface area contributed by atoms with E-state index in [-0.39, 0.29) is 23.6 Å². The average molecular weight is 456 g/mol. The summed E-state index contributed by atoms with van der Waals surface area (Å²) < 4.78 is 39.2. The number of amides is 1. The monoisotopic (exact) mass is 455 g/mol. The van der Waals surface area contributed by atoms with Gasteiger partial charge in [-0.1, -0.05) is 46.2 Å². The first-order valence-electron chi connectivity index (χ1n) is 9.05. The van der Waals surface area contributed by atoms with Crippen LogP contribution in [0.4, 0.5) is 13.2 Å². The van der Waals surface area contributed by atoms with Gasteiger partial charge in [0.1, 0.15) is 13.7 Å². The summed E-state index contributed by atoms with van der Waals surface area (Å²) in [6.07, 6.45) is -4.58. The number of carbonyl (C=O) groups is 1. The van der Waals surface area contributed by atoms with E-state index in [9.17, 15) is 18.0 Å². The molecule has 0 atom stereocenters. The van der Waals surface area contributed by atoms with Gasteiger partial charge in [-0.15, -0.1) is 0 Å². The third-order valence-corrected chi connectivity index (χ3v) is 4.72. The topological polar surface area (TPSA) is 72.3 Å². The third kappa shape index (κ3) is 5.97. The molecule has 6 nitrogen and oxygen atoms in total. The molecule has 0 spiro atoms. The highest BCUT2D eigenvalue weighted by Crippen LogP contribution is 2.35. The van der Waals surface area contributed by atoms with E-state index in [4.69, 9.17) is 21.3 Å². The van der Waals surface area contributed by atoms with Crippen LogP contribution in [0.2, 0.25) is 5.02 Å². The predicted octanol–water partition coefficient (Wildman–Crippen LogP) is 4.70. The lowest BCUT2D eigenvalue weighted by Gasteiger charge is -2.13. The van der Waals surface area contributed by atoms with Crippen LogP contribution < -0.4 is 5.32 Å². The Bertz CT molecular complexity index is 1020. The van der Waals surface area contributed by atoms with Crippen molar-refractivity contribution in [3.8, 4) is 0 Å². The first-order valence-corrected chi connectivity index (χ1v) is 9.43. The first kappa shape index (κ1) is 24.2. The van der Waals surface area contributed by atoms with Gasteiger partial charge in [0.2, 0.25) is 0 Å². The van der Waals surface area contributed by atoms with Crippen molar-refractivity contribution in [3.05, 3.63) is 69.2 Å². The van der Waals surface area contributed by atoms with Gasteiger partial charge in [-0.25, -0.2) is 0 Å². The highest BCUT2D eigenvalue weighted by molar-refractivity contribution is 6.45. The Labute approximate surface area is 182 Å². The van der Waals surface area contributed by atoms with E-state index < -0.39 is 22.7 Å². The summed E-state index contributed by atoms with van der Waals surface area (Å²) in [4.78, 5) is 22.4. The number of oxime groups is 2. The second-order valence-corrected chi connectivity index (χ2v) is 6.85. The molecule has 0 bridgehead atoms. The Morgan fingerprint density at radius 3 is 2.52 bits per heavy atom. The van der Waals surface area contributed by atoms with E-state index in [1.54, 1.807) is 12.1 Å². The van der Waals surface area contributed by atoms with Gasteiger partial charge in [-0.05, 0) is 37.1 Å². The Balaban J connectivity index is 2.31. The molecular formula is C21H21ClF3N3O3. The zero-order valence-electron chi connectivity index (χ0n) is 17.3. The summed E-state index contributed by atoms with van der Waals surface area (Å²) in [5.41, 5.74) is 1.48. The van der Waals surface area contributed by atoms with Gasteiger partial charge in [-0.3, -0.25) is 4.79 Å². The second-order valence-electron chi connectivity index (χ2n) is 6.45. The molecule has 0 radical (unpaired) electrons. The predicted molar refractivity (Wildman–Crippen MR) is 112 cm³/mol. The molecular weight excluding hydrogens is 435 g/mol. The van der Waals surface area contributed by atoms with E-state index >= 15 is 0 Å². The summed E-state index contributed by atoms with van der Waals surface area (Å²) in [5.74, 6) is -0.450. The van der Waals surface area contributed by atoms with Gasteiger partial charge in [0.05, 0.1) is 16.3 Å². The molecule has 166 valence electrons. The minimum absolute atomic E-state index is 0.0429. The van der Waals surface area contributed by atoms with Gasteiger partial charge in [0, 0.05) is 18.2 Å². The molecule has 0 aliphatic carbocycles. The van der Waals surface area contributed by atoms with Crippen molar-refractivity contribution < 1.29 is 27.6 Å². The molecule has 0 aromatic heterocycles. The molecule has 1 N–H and O–H groups in total. The maximum Gasteiger partial charge on any atom is 0.417 e. The highest BCUT2D eigenvalue weighted by atomic mass is 35.5. The van der Waals surface area contributed by atoms with Crippen LogP contribution in [0.1, 0.15) is 34.7 Å². The van der Waals surface area contributed by atoms with Gasteiger partial charge >= 0.3 is 6.18 Å². The van der Waals surface area contributed by atoms with E-state index in [2.05, 4.69) is 15.6 Å². The quantitative estimate of drug-likeness (QED) is 0.485. The number of halogens is 4. The summed E-state index contributed by atoms with van der Waals surface area (Å²) >= 11 is 5.65. The molecule has 2 aromatic rings. The highest BCUT2D eigenvalue weighted by Gasteiger charge is 2.33. The zero-order chi connectivity index (χ0) is 23.2. The number of hydrogen-bond donors (Lipinski definition) is 1. The fraction of sp³-hybridized carbons (Fsp3) is 0.286. The van der Waals surface area contributed by atoms with Crippen molar-refractivity contribution in [2.45, 2.75) is 26.6 Å². The van der Waals surface area contributed by atoms with Crippen LogP contribution in [0, 0.1) is 6.92 Å². The Morgan fingerprint density at radius 1 is 1.19 bits per heavy atom. The molecule has 0 aliphatic heterocycles. The van der Waals surface area contributed by atoms with E-state index in [1.807, 2.05) is 13.0 Å². The molecule has 0 aliphatic rings. The number of aryl methyl sites for hydroxylation is 1. The van der Waals surface area contributed by atoms with Crippen molar-refractivity contribution >= 4 is 28.9 Å². The number of alkyl halides is 3. The average Bonchev–Trinajstić information content (AvgIpc) is 2.72. The van der Waals surface area contributed by atoms with Crippen LogP contribution in [-0.4, -0.2) is 31.5 Å². The summed E-state index contributed by atoms with van der Waals surface area (Å²) in [6.45, 7) is 3.30. The molecule has 0 saturated heterocycles. The summed E-state index contributed by atoms with van der Waals surface area (Å²) in [7, 11) is 2.79. The normalized spacial score (nSPS) is 12.5. The number of hydrogen-bond acceptors (Lipinski definition) is 5. The molecule has 0 heterocycles. The number of likely N-dealkylation sites (N-methyl/N-ethyl adjacent to an activating group) is 1. The number of rotatable bonds is 7. The molecule has 10 heteroatoms. The largest absolute Gasteiger partial charge is 0.417 e. The van der Waals surface area contributed by atoms with E-state index in [0.717, 1.165) is 17.7 Å². The van der Waals surface area contributed by atoms with Gasteiger partial charge in [-0.2, -0.15) is 13.2 Å². The Kier molecular flexibility index (Phi) is 8.04. The van der Waals surface area contributed by atoms with Gasteiger partial charge in [0.15, 0.2) is 5.71 Å². The van der Waals surface area contributed by atoms with Crippen LogP contribution in [0.25, 0.3) is 0 Å². The summed E-state index contributed by atoms with van der Waals surface area (Å²) in [6, 6.07) is 8.76. The minimum Gasteiger partial charge on any atom is -0.398 e. The van der Waals surface area contributed by atoms with Crippen molar-refractivity contribution in [1.82, 2.24) is 5.32 Å². The van der Waals surface area contributed by atoms with Crippen LogP contribution in [0.5, 0.6) is 0 Å². The maximum atomic E-state index is 13.1. The molecule has 1 amide bonds. The molecule has 0 saturated carbocycles.